The number of sulfone groups is 1. The molecule has 3 aromatic heterocycles. The second-order valence-corrected chi connectivity index (χ2v) is 14.2. The van der Waals surface area contributed by atoms with E-state index in [9.17, 15) is 13.2 Å². The van der Waals surface area contributed by atoms with E-state index in [0.29, 0.717) is 60.2 Å². The summed E-state index contributed by atoms with van der Waals surface area (Å²) in [7, 11) is -1.45. The molecule has 1 fully saturated rings. The molecular formula is C32H33FN8O3S. The summed E-state index contributed by atoms with van der Waals surface area (Å²) >= 11 is 0. The smallest absolute Gasteiger partial charge is 0.273 e. The van der Waals surface area contributed by atoms with Gasteiger partial charge in [0.05, 0.1) is 28.4 Å². The molecule has 0 bridgehead atoms. The van der Waals surface area contributed by atoms with Gasteiger partial charge in [0, 0.05) is 50.3 Å². The molecule has 7 rings (SSSR count). The number of hydrogen-bond acceptors (Lipinski definition) is 8. The molecule has 0 radical (unpaired) electrons. The molecule has 2 aromatic carbocycles. The van der Waals surface area contributed by atoms with E-state index >= 15 is 4.39 Å². The number of rotatable bonds is 5. The highest BCUT2D eigenvalue weighted by Gasteiger charge is 2.32. The van der Waals surface area contributed by atoms with Crippen LogP contribution in [0.25, 0.3) is 28.3 Å². The average Bonchev–Trinajstić information content (AvgIpc) is 3.75. The molecule has 1 saturated heterocycles. The summed E-state index contributed by atoms with van der Waals surface area (Å²) in [6, 6.07) is 16.2. The lowest BCUT2D eigenvalue weighted by Gasteiger charge is -2.35. The van der Waals surface area contributed by atoms with Gasteiger partial charge >= 0.3 is 0 Å². The molecule has 232 valence electrons. The first-order valence-corrected chi connectivity index (χ1v) is 16.8. The SMILES string of the molecule is Cc1nn(C)nc1-c1cc(C(=O)N2CCc3ccccc3[C@H]2C)nc2cc(-c3ccc(N4CC[C@H](S(C)(=O)=O)C4)cc3F)nn12. The third-order valence-corrected chi connectivity index (χ3v) is 10.6. The van der Waals surface area contributed by atoms with Gasteiger partial charge in [-0.3, -0.25) is 4.79 Å². The predicted molar refractivity (Wildman–Crippen MR) is 168 cm³/mol. The number of nitrogens with zero attached hydrogens (tertiary/aromatic N) is 8. The van der Waals surface area contributed by atoms with Crippen LogP contribution in [0, 0.1) is 12.7 Å². The molecule has 5 heterocycles. The van der Waals surface area contributed by atoms with Gasteiger partial charge in [0.25, 0.3) is 5.91 Å². The van der Waals surface area contributed by atoms with Gasteiger partial charge < -0.3 is 9.80 Å². The molecule has 11 nitrogen and oxygen atoms in total. The number of carbonyl (C=O) groups excluding carboxylic acids is 1. The Hall–Kier alpha value is -4.65. The predicted octanol–water partition coefficient (Wildman–Crippen LogP) is 4.02. The van der Waals surface area contributed by atoms with Crippen LogP contribution in [0.15, 0.2) is 54.6 Å². The van der Waals surface area contributed by atoms with Crippen molar-refractivity contribution in [3.8, 4) is 22.6 Å². The molecule has 0 N–H and O–H groups in total. The third kappa shape index (κ3) is 5.14. The highest BCUT2D eigenvalue weighted by atomic mass is 32.2. The zero-order chi connectivity index (χ0) is 31.6. The highest BCUT2D eigenvalue weighted by molar-refractivity contribution is 7.91. The van der Waals surface area contributed by atoms with Crippen molar-refractivity contribution in [3.63, 3.8) is 0 Å². The maximum atomic E-state index is 15.7. The summed E-state index contributed by atoms with van der Waals surface area (Å²) < 4.78 is 41.3. The molecule has 13 heteroatoms. The van der Waals surface area contributed by atoms with E-state index in [1.54, 1.807) is 35.8 Å². The van der Waals surface area contributed by atoms with Crippen LogP contribution in [0.4, 0.5) is 10.1 Å². The van der Waals surface area contributed by atoms with Crippen LogP contribution in [0.1, 0.15) is 46.7 Å². The Morgan fingerprint density at radius 2 is 1.82 bits per heavy atom. The number of anilines is 1. The first-order valence-electron chi connectivity index (χ1n) is 14.9. The third-order valence-electron chi connectivity index (χ3n) is 8.97. The molecule has 5 aromatic rings. The summed E-state index contributed by atoms with van der Waals surface area (Å²) in [6.07, 6.45) is 2.50. The highest BCUT2D eigenvalue weighted by Crippen LogP contribution is 2.33. The minimum absolute atomic E-state index is 0.126. The van der Waals surface area contributed by atoms with Crippen LogP contribution in [0.2, 0.25) is 0 Å². The minimum Gasteiger partial charge on any atom is -0.370 e. The van der Waals surface area contributed by atoms with Crippen molar-refractivity contribution in [2.45, 2.75) is 38.0 Å². The quantitative estimate of drug-likeness (QED) is 0.287. The van der Waals surface area contributed by atoms with Crippen LogP contribution in [0.5, 0.6) is 0 Å². The van der Waals surface area contributed by atoms with Crippen molar-refractivity contribution in [2.75, 3.05) is 30.8 Å². The van der Waals surface area contributed by atoms with Crippen molar-refractivity contribution in [3.05, 3.63) is 82.9 Å². The van der Waals surface area contributed by atoms with E-state index in [1.165, 1.54) is 22.7 Å². The zero-order valence-corrected chi connectivity index (χ0v) is 26.3. The largest absolute Gasteiger partial charge is 0.370 e. The standard InChI is InChI=1S/C32H33FN8O3S/c1-19-31(37-38(3)35-19)29-16-28(32(42)40-14-11-21-7-5-6-8-24(21)20(40)2)34-30-17-27(36-41(29)30)25-10-9-22(15-26(25)33)39-13-12-23(18-39)45(4,43)44/h5-10,15-17,20,23H,11-14,18H2,1-4H3/t20-,23+/m1/s1. The number of fused-ring (bicyclic) bond motifs is 2. The molecule has 0 spiro atoms. The molecule has 0 aliphatic carbocycles. The molecule has 2 atom stereocenters. The number of carbonyl (C=O) groups is 1. The average molecular weight is 629 g/mol. The first-order chi connectivity index (χ1) is 21.5. The van der Waals surface area contributed by atoms with E-state index < -0.39 is 20.9 Å². The van der Waals surface area contributed by atoms with Gasteiger partial charge in [0.2, 0.25) is 0 Å². The maximum Gasteiger partial charge on any atom is 0.273 e. The molecule has 45 heavy (non-hydrogen) atoms. The van der Waals surface area contributed by atoms with Crippen molar-refractivity contribution < 1.29 is 17.6 Å². The fraction of sp³-hybridized carbons (Fsp3) is 0.344. The normalized spacial score (nSPS) is 18.5. The van der Waals surface area contributed by atoms with Crippen LogP contribution < -0.4 is 4.90 Å². The Bertz CT molecular complexity index is 2090. The molecule has 1 amide bonds. The van der Waals surface area contributed by atoms with Crippen LogP contribution in [-0.4, -0.2) is 80.0 Å². The Morgan fingerprint density at radius 3 is 2.53 bits per heavy atom. The van der Waals surface area contributed by atoms with E-state index in [-0.39, 0.29) is 23.2 Å². The number of amides is 1. The van der Waals surface area contributed by atoms with Gasteiger partial charge in [0.1, 0.15) is 17.2 Å². The zero-order valence-electron chi connectivity index (χ0n) is 25.5. The van der Waals surface area contributed by atoms with Crippen LogP contribution in [-0.2, 0) is 23.3 Å². The summed E-state index contributed by atoms with van der Waals surface area (Å²) in [4.78, 5) is 23.9. The van der Waals surface area contributed by atoms with Gasteiger partial charge in [-0.1, -0.05) is 24.3 Å². The van der Waals surface area contributed by atoms with Gasteiger partial charge in [-0.05, 0) is 62.1 Å². The van der Waals surface area contributed by atoms with E-state index in [1.807, 2.05) is 35.8 Å². The minimum atomic E-state index is -3.17. The van der Waals surface area contributed by atoms with E-state index in [2.05, 4.69) is 22.3 Å². The lowest BCUT2D eigenvalue weighted by molar-refractivity contribution is 0.0672. The summed E-state index contributed by atoms with van der Waals surface area (Å²) in [5.41, 5.74) is 5.90. The molecule has 2 aliphatic heterocycles. The molecule has 0 unspecified atom stereocenters. The van der Waals surface area contributed by atoms with Gasteiger partial charge in [0.15, 0.2) is 15.5 Å². The van der Waals surface area contributed by atoms with E-state index in [0.717, 1.165) is 12.0 Å². The van der Waals surface area contributed by atoms with Crippen molar-refractivity contribution in [1.82, 2.24) is 34.5 Å². The number of benzene rings is 2. The Labute approximate surface area is 260 Å². The van der Waals surface area contributed by atoms with Gasteiger partial charge in [-0.15, -0.1) is 0 Å². The molecule has 0 saturated carbocycles. The summed E-state index contributed by atoms with van der Waals surface area (Å²) in [5.74, 6) is -0.702. The van der Waals surface area contributed by atoms with Crippen molar-refractivity contribution >= 4 is 27.1 Å². The fourth-order valence-electron chi connectivity index (χ4n) is 6.54. The van der Waals surface area contributed by atoms with Gasteiger partial charge in [-0.25, -0.2) is 22.3 Å². The van der Waals surface area contributed by atoms with Crippen molar-refractivity contribution in [1.29, 1.82) is 0 Å². The lowest BCUT2D eigenvalue weighted by Crippen LogP contribution is -2.39. The fourth-order valence-corrected chi connectivity index (χ4v) is 7.53. The van der Waals surface area contributed by atoms with Crippen molar-refractivity contribution in [2.24, 2.45) is 7.05 Å². The second-order valence-electron chi connectivity index (χ2n) is 11.9. The summed E-state index contributed by atoms with van der Waals surface area (Å²) in [6.45, 7) is 5.28. The molecular weight excluding hydrogens is 595 g/mol. The Morgan fingerprint density at radius 1 is 1.02 bits per heavy atom. The summed E-state index contributed by atoms with van der Waals surface area (Å²) in [5, 5.41) is 13.2. The number of halogens is 1. The second kappa shape index (κ2) is 10.8. The Balaban J connectivity index is 1.28. The van der Waals surface area contributed by atoms with Crippen LogP contribution in [0.3, 0.4) is 0 Å². The topological polar surface area (TPSA) is 119 Å². The first kappa shape index (κ1) is 29.1. The number of aromatic nitrogens is 6. The van der Waals surface area contributed by atoms with E-state index in [4.69, 9.17) is 10.1 Å². The maximum absolute atomic E-state index is 15.7. The lowest BCUT2D eigenvalue weighted by atomic mass is 9.93. The molecule has 2 aliphatic rings. The number of hydrogen-bond donors (Lipinski definition) is 0. The van der Waals surface area contributed by atoms with Gasteiger partial charge in [-0.2, -0.15) is 20.1 Å². The monoisotopic (exact) mass is 628 g/mol. The number of aryl methyl sites for hydroxylation is 2. The van der Waals surface area contributed by atoms with Crippen LogP contribution >= 0.6 is 0 Å². The Kier molecular flexibility index (Phi) is 6.95.